The van der Waals surface area contributed by atoms with E-state index in [1.807, 2.05) is 4.52 Å². The molecular formula is C18H21N3S. The SMILES string of the molecule is Cc1ccc(C)c(-c2cn3nc(C4CCCCC4)sc3n2)c1. The van der Waals surface area contributed by atoms with Gasteiger partial charge >= 0.3 is 0 Å². The van der Waals surface area contributed by atoms with E-state index in [4.69, 9.17) is 10.1 Å². The Labute approximate surface area is 135 Å². The second-order valence-electron chi connectivity index (χ2n) is 6.45. The minimum atomic E-state index is 0.657. The highest BCUT2D eigenvalue weighted by atomic mass is 32.1. The smallest absolute Gasteiger partial charge is 0.212 e. The van der Waals surface area contributed by atoms with Crippen LogP contribution < -0.4 is 0 Å². The first-order valence-electron chi connectivity index (χ1n) is 8.14. The lowest BCUT2D eigenvalue weighted by molar-refractivity contribution is 0.439. The quantitative estimate of drug-likeness (QED) is 0.657. The molecule has 0 spiro atoms. The van der Waals surface area contributed by atoms with Gasteiger partial charge in [-0.1, -0.05) is 48.3 Å². The number of fused-ring (bicyclic) bond motifs is 1. The fourth-order valence-corrected chi connectivity index (χ4v) is 4.42. The Bertz CT molecular complexity index is 777. The molecule has 0 unspecified atom stereocenters. The maximum Gasteiger partial charge on any atom is 0.212 e. The normalized spacial score (nSPS) is 16.5. The van der Waals surface area contributed by atoms with Gasteiger partial charge in [-0.3, -0.25) is 0 Å². The predicted octanol–water partition coefficient (Wildman–Crippen LogP) is 5.12. The van der Waals surface area contributed by atoms with E-state index in [1.54, 1.807) is 11.3 Å². The molecule has 2 heterocycles. The summed E-state index contributed by atoms with van der Waals surface area (Å²) < 4.78 is 1.98. The molecule has 4 rings (SSSR count). The van der Waals surface area contributed by atoms with Gasteiger partial charge in [-0.15, -0.1) is 0 Å². The fourth-order valence-electron chi connectivity index (χ4n) is 3.37. The lowest BCUT2D eigenvalue weighted by Gasteiger charge is -2.18. The number of hydrogen-bond acceptors (Lipinski definition) is 3. The lowest BCUT2D eigenvalue weighted by Crippen LogP contribution is -2.04. The van der Waals surface area contributed by atoms with Gasteiger partial charge in [-0.05, 0) is 38.3 Å². The molecule has 1 aliphatic carbocycles. The van der Waals surface area contributed by atoms with Gasteiger partial charge in [0, 0.05) is 11.5 Å². The molecule has 114 valence electrons. The summed E-state index contributed by atoms with van der Waals surface area (Å²) >= 11 is 1.77. The molecular weight excluding hydrogens is 290 g/mol. The Hall–Kier alpha value is -1.68. The summed E-state index contributed by atoms with van der Waals surface area (Å²) in [7, 11) is 0. The lowest BCUT2D eigenvalue weighted by atomic mass is 9.90. The summed E-state index contributed by atoms with van der Waals surface area (Å²) in [5.41, 5.74) is 4.80. The van der Waals surface area contributed by atoms with Crippen LogP contribution in [0.4, 0.5) is 0 Å². The van der Waals surface area contributed by atoms with E-state index in [2.05, 4.69) is 38.2 Å². The first-order valence-corrected chi connectivity index (χ1v) is 8.96. The second kappa shape index (κ2) is 5.51. The van der Waals surface area contributed by atoms with E-state index in [0.29, 0.717) is 5.92 Å². The zero-order valence-corrected chi connectivity index (χ0v) is 14.0. The Kier molecular flexibility index (Phi) is 3.49. The van der Waals surface area contributed by atoms with Crippen LogP contribution in [0.3, 0.4) is 0 Å². The topological polar surface area (TPSA) is 30.2 Å². The molecule has 0 saturated heterocycles. The molecule has 0 aliphatic heterocycles. The molecule has 0 N–H and O–H groups in total. The third-order valence-electron chi connectivity index (χ3n) is 4.68. The third-order valence-corrected chi connectivity index (χ3v) is 5.77. The average Bonchev–Trinajstić information content (AvgIpc) is 3.09. The van der Waals surface area contributed by atoms with Crippen molar-refractivity contribution in [3.63, 3.8) is 0 Å². The molecule has 4 heteroatoms. The van der Waals surface area contributed by atoms with Crippen molar-refractivity contribution in [3.8, 4) is 11.3 Å². The summed E-state index contributed by atoms with van der Waals surface area (Å²) in [6.45, 7) is 4.27. The first kappa shape index (κ1) is 13.9. The molecule has 0 radical (unpaired) electrons. The number of nitrogens with zero attached hydrogens (tertiary/aromatic N) is 3. The molecule has 22 heavy (non-hydrogen) atoms. The van der Waals surface area contributed by atoms with Gasteiger partial charge in [0.05, 0.1) is 11.9 Å². The molecule has 0 amide bonds. The van der Waals surface area contributed by atoms with Gasteiger partial charge in [0.2, 0.25) is 4.96 Å². The van der Waals surface area contributed by atoms with Gasteiger partial charge in [0.25, 0.3) is 0 Å². The van der Waals surface area contributed by atoms with Crippen molar-refractivity contribution in [2.45, 2.75) is 51.9 Å². The molecule has 1 fully saturated rings. The first-order chi connectivity index (χ1) is 10.7. The van der Waals surface area contributed by atoms with Crippen LogP contribution in [0.1, 0.15) is 54.2 Å². The molecule has 0 atom stereocenters. The van der Waals surface area contributed by atoms with Crippen molar-refractivity contribution >= 4 is 16.3 Å². The summed E-state index contributed by atoms with van der Waals surface area (Å²) in [4.78, 5) is 5.84. The molecule has 2 aromatic heterocycles. The highest BCUT2D eigenvalue weighted by Gasteiger charge is 2.20. The van der Waals surface area contributed by atoms with Crippen molar-refractivity contribution in [1.82, 2.24) is 14.6 Å². The summed E-state index contributed by atoms with van der Waals surface area (Å²) in [6, 6.07) is 6.53. The molecule has 3 aromatic rings. The Morgan fingerprint density at radius 1 is 1.14 bits per heavy atom. The zero-order chi connectivity index (χ0) is 15.1. The maximum absolute atomic E-state index is 4.82. The van der Waals surface area contributed by atoms with Crippen molar-refractivity contribution < 1.29 is 0 Å². The van der Waals surface area contributed by atoms with E-state index in [1.165, 1.54) is 53.8 Å². The highest BCUT2D eigenvalue weighted by Crippen LogP contribution is 2.35. The predicted molar refractivity (Wildman–Crippen MR) is 91.6 cm³/mol. The van der Waals surface area contributed by atoms with Crippen molar-refractivity contribution in [2.75, 3.05) is 0 Å². The van der Waals surface area contributed by atoms with Crippen molar-refractivity contribution in [2.24, 2.45) is 0 Å². The van der Waals surface area contributed by atoms with Crippen LogP contribution in [0.5, 0.6) is 0 Å². The Balaban J connectivity index is 1.70. The minimum absolute atomic E-state index is 0.657. The van der Waals surface area contributed by atoms with Gasteiger partial charge < -0.3 is 0 Å². The second-order valence-corrected chi connectivity index (χ2v) is 7.43. The van der Waals surface area contributed by atoms with Crippen LogP contribution in [-0.2, 0) is 0 Å². The standard InChI is InChI=1S/C18H21N3S/c1-12-8-9-13(2)15(10-12)16-11-21-18(19-16)22-17(20-21)14-6-4-3-5-7-14/h8-11,14H,3-7H2,1-2H3. The van der Waals surface area contributed by atoms with E-state index >= 15 is 0 Å². The molecule has 0 bridgehead atoms. The number of imidazole rings is 1. The van der Waals surface area contributed by atoms with Gasteiger partial charge in [-0.2, -0.15) is 5.10 Å². The van der Waals surface area contributed by atoms with Gasteiger partial charge in [0.15, 0.2) is 0 Å². The molecule has 1 aliphatic rings. The zero-order valence-electron chi connectivity index (χ0n) is 13.2. The van der Waals surface area contributed by atoms with Crippen LogP contribution in [0.2, 0.25) is 0 Å². The van der Waals surface area contributed by atoms with E-state index in [-0.39, 0.29) is 0 Å². The van der Waals surface area contributed by atoms with Gasteiger partial charge in [-0.25, -0.2) is 9.50 Å². The third kappa shape index (κ3) is 2.45. The van der Waals surface area contributed by atoms with Crippen LogP contribution in [0.25, 0.3) is 16.2 Å². The Morgan fingerprint density at radius 3 is 2.73 bits per heavy atom. The highest BCUT2D eigenvalue weighted by molar-refractivity contribution is 7.16. The maximum atomic E-state index is 4.82. The summed E-state index contributed by atoms with van der Waals surface area (Å²) in [6.07, 6.45) is 8.75. The van der Waals surface area contributed by atoms with E-state index in [0.717, 1.165) is 10.7 Å². The van der Waals surface area contributed by atoms with Crippen LogP contribution >= 0.6 is 11.3 Å². The molecule has 3 nitrogen and oxygen atoms in total. The van der Waals surface area contributed by atoms with Crippen LogP contribution in [0, 0.1) is 13.8 Å². The van der Waals surface area contributed by atoms with Gasteiger partial charge in [0.1, 0.15) is 5.01 Å². The summed E-state index contributed by atoms with van der Waals surface area (Å²) in [5, 5.41) is 6.08. The number of aromatic nitrogens is 3. The largest absolute Gasteiger partial charge is 0.217 e. The Morgan fingerprint density at radius 2 is 1.95 bits per heavy atom. The monoisotopic (exact) mass is 311 g/mol. The number of rotatable bonds is 2. The average molecular weight is 311 g/mol. The van der Waals surface area contributed by atoms with E-state index in [9.17, 15) is 0 Å². The van der Waals surface area contributed by atoms with Crippen LogP contribution in [0.15, 0.2) is 24.4 Å². The minimum Gasteiger partial charge on any atom is -0.217 e. The molecule has 1 saturated carbocycles. The number of benzene rings is 1. The van der Waals surface area contributed by atoms with E-state index < -0.39 is 0 Å². The number of hydrogen-bond donors (Lipinski definition) is 0. The number of aryl methyl sites for hydroxylation is 2. The van der Waals surface area contributed by atoms with Crippen LogP contribution in [-0.4, -0.2) is 14.6 Å². The van der Waals surface area contributed by atoms with Crippen molar-refractivity contribution in [3.05, 3.63) is 40.5 Å². The molecule has 1 aromatic carbocycles. The van der Waals surface area contributed by atoms with Crippen molar-refractivity contribution in [1.29, 1.82) is 0 Å². The summed E-state index contributed by atoms with van der Waals surface area (Å²) in [5.74, 6) is 0.657. The fraction of sp³-hybridized carbons (Fsp3) is 0.444.